The molecule has 1 fully saturated rings. The van der Waals surface area contributed by atoms with Crippen LogP contribution in [0.3, 0.4) is 0 Å². The second kappa shape index (κ2) is 8.45. The third-order valence-electron chi connectivity index (χ3n) is 4.46. The monoisotopic (exact) mass is 330 g/mol. The maximum atomic E-state index is 12.1. The molecule has 1 aromatic carbocycles. The number of amides is 1. The summed E-state index contributed by atoms with van der Waals surface area (Å²) in [5, 5.41) is 0. The topological polar surface area (TPSA) is 32.8 Å². The lowest BCUT2D eigenvalue weighted by molar-refractivity contribution is -0.126. The molecular formula is C20H30N2O2. The van der Waals surface area contributed by atoms with Gasteiger partial charge in [-0.15, -0.1) is 0 Å². The molecule has 4 nitrogen and oxygen atoms in total. The van der Waals surface area contributed by atoms with Crippen molar-refractivity contribution in [2.24, 2.45) is 0 Å². The first-order valence-corrected chi connectivity index (χ1v) is 8.73. The van der Waals surface area contributed by atoms with Gasteiger partial charge in [0.1, 0.15) is 0 Å². The van der Waals surface area contributed by atoms with Crippen LogP contribution in [0.2, 0.25) is 0 Å². The van der Waals surface area contributed by atoms with Crippen molar-refractivity contribution in [3.05, 3.63) is 47.0 Å². The number of morpholine rings is 1. The number of allylic oxidation sites excluding steroid dienone is 1. The van der Waals surface area contributed by atoms with Crippen molar-refractivity contribution in [2.45, 2.75) is 53.0 Å². The zero-order valence-corrected chi connectivity index (χ0v) is 15.6. The smallest absolute Gasteiger partial charge is 0.249 e. The van der Waals surface area contributed by atoms with E-state index in [0.717, 1.165) is 30.8 Å². The van der Waals surface area contributed by atoms with Gasteiger partial charge in [0.2, 0.25) is 5.91 Å². The highest BCUT2D eigenvalue weighted by Gasteiger charge is 2.22. The minimum atomic E-state index is 0.0814. The lowest BCUT2D eigenvalue weighted by Crippen LogP contribution is -2.44. The summed E-state index contributed by atoms with van der Waals surface area (Å²) in [5.74, 6) is 0.0814. The number of carbonyl (C=O) groups is 1. The van der Waals surface area contributed by atoms with Crippen molar-refractivity contribution in [2.75, 3.05) is 20.1 Å². The maximum absolute atomic E-state index is 12.1. The van der Waals surface area contributed by atoms with E-state index in [1.807, 2.05) is 27.0 Å². The highest BCUT2D eigenvalue weighted by atomic mass is 16.5. The zero-order valence-electron chi connectivity index (χ0n) is 15.6. The number of nitrogens with zero attached hydrogens (tertiary/aromatic N) is 2. The van der Waals surface area contributed by atoms with Crippen LogP contribution >= 0.6 is 0 Å². The summed E-state index contributed by atoms with van der Waals surface area (Å²) in [4.78, 5) is 16.3. The van der Waals surface area contributed by atoms with Crippen LogP contribution < -0.4 is 0 Å². The van der Waals surface area contributed by atoms with Gasteiger partial charge in [0, 0.05) is 38.8 Å². The Morgan fingerprint density at radius 1 is 1.21 bits per heavy atom. The van der Waals surface area contributed by atoms with Gasteiger partial charge in [0.15, 0.2) is 0 Å². The molecule has 0 aromatic heterocycles. The molecule has 132 valence electrons. The Morgan fingerprint density at radius 3 is 2.29 bits per heavy atom. The molecule has 0 spiro atoms. The number of benzene rings is 1. The Labute approximate surface area is 146 Å². The molecule has 2 atom stereocenters. The molecule has 0 saturated carbocycles. The van der Waals surface area contributed by atoms with Crippen LogP contribution in [0.5, 0.6) is 0 Å². The standard InChI is InChI=1S/C20H30N2O2/c1-6-15(2)20(23)21(5)13-18-7-9-19(10-8-18)14-22-11-16(3)24-17(4)12-22/h6-10,16-17H,11-14H2,1-5H3/b15-6+/t16-,17+. The van der Waals surface area contributed by atoms with Gasteiger partial charge >= 0.3 is 0 Å². The van der Waals surface area contributed by atoms with E-state index in [0.29, 0.717) is 18.8 Å². The van der Waals surface area contributed by atoms with Crippen molar-refractivity contribution in [3.8, 4) is 0 Å². The summed E-state index contributed by atoms with van der Waals surface area (Å²) in [6, 6.07) is 8.58. The van der Waals surface area contributed by atoms with Gasteiger partial charge in [0.05, 0.1) is 12.2 Å². The van der Waals surface area contributed by atoms with Crippen LogP contribution in [0.25, 0.3) is 0 Å². The number of carbonyl (C=O) groups excluding carboxylic acids is 1. The molecule has 0 aliphatic carbocycles. The molecule has 1 heterocycles. The molecular weight excluding hydrogens is 300 g/mol. The first-order valence-electron chi connectivity index (χ1n) is 8.73. The van der Waals surface area contributed by atoms with Crippen molar-refractivity contribution < 1.29 is 9.53 Å². The van der Waals surface area contributed by atoms with E-state index in [1.54, 1.807) is 4.90 Å². The van der Waals surface area contributed by atoms with Crippen LogP contribution in [0.15, 0.2) is 35.9 Å². The van der Waals surface area contributed by atoms with Crippen molar-refractivity contribution in [1.82, 2.24) is 9.80 Å². The molecule has 4 heteroatoms. The van der Waals surface area contributed by atoms with E-state index in [2.05, 4.69) is 43.0 Å². The van der Waals surface area contributed by atoms with Crippen molar-refractivity contribution >= 4 is 5.91 Å². The molecule has 1 aromatic rings. The highest BCUT2D eigenvalue weighted by Crippen LogP contribution is 2.15. The van der Waals surface area contributed by atoms with Crippen LogP contribution in [0.1, 0.15) is 38.8 Å². The number of hydrogen-bond donors (Lipinski definition) is 0. The van der Waals surface area contributed by atoms with Gasteiger partial charge in [0.25, 0.3) is 0 Å². The Bertz CT molecular complexity index is 570. The second-order valence-corrected chi connectivity index (χ2v) is 6.90. The SMILES string of the molecule is C/C=C(\C)C(=O)N(C)Cc1ccc(CN2C[C@@H](C)O[C@@H](C)C2)cc1. The Kier molecular flexibility index (Phi) is 6.58. The number of rotatable bonds is 5. The Hall–Kier alpha value is -1.65. The highest BCUT2D eigenvalue weighted by molar-refractivity contribution is 5.92. The molecule has 0 bridgehead atoms. The fourth-order valence-electron chi connectivity index (χ4n) is 3.19. The number of likely N-dealkylation sites (N-methyl/N-ethyl adjacent to an activating group) is 1. The van der Waals surface area contributed by atoms with Crippen LogP contribution in [-0.4, -0.2) is 48.1 Å². The molecule has 0 N–H and O–H groups in total. The maximum Gasteiger partial charge on any atom is 0.249 e. The first-order chi connectivity index (χ1) is 11.4. The van der Waals surface area contributed by atoms with Gasteiger partial charge < -0.3 is 9.64 Å². The largest absolute Gasteiger partial charge is 0.373 e. The third-order valence-corrected chi connectivity index (χ3v) is 4.46. The van der Waals surface area contributed by atoms with Crippen LogP contribution in [-0.2, 0) is 22.6 Å². The normalized spacial score (nSPS) is 22.5. The summed E-state index contributed by atoms with van der Waals surface area (Å²) in [6.07, 6.45) is 2.44. The zero-order chi connectivity index (χ0) is 17.7. The van der Waals surface area contributed by atoms with Gasteiger partial charge in [-0.1, -0.05) is 30.3 Å². The fraction of sp³-hybridized carbons (Fsp3) is 0.550. The summed E-state index contributed by atoms with van der Waals surface area (Å²) in [7, 11) is 1.85. The van der Waals surface area contributed by atoms with E-state index in [1.165, 1.54) is 5.56 Å². The first kappa shape index (κ1) is 18.7. The van der Waals surface area contributed by atoms with Gasteiger partial charge in [-0.3, -0.25) is 9.69 Å². The van der Waals surface area contributed by atoms with E-state index in [4.69, 9.17) is 4.74 Å². The molecule has 24 heavy (non-hydrogen) atoms. The van der Waals surface area contributed by atoms with Crippen molar-refractivity contribution in [3.63, 3.8) is 0 Å². The molecule has 1 saturated heterocycles. The third kappa shape index (κ3) is 5.18. The molecule has 0 radical (unpaired) electrons. The fourth-order valence-corrected chi connectivity index (χ4v) is 3.19. The molecule has 2 rings (SSSR count). The van der Waals surface area contributed by atoms with Gasteiger partial charge in [-0.25, -0.2) is 0 Å². The predicted molar refractivity (Wildman–Crippen MR) is 97.6 cm³/mol. The molecule has 0 unspecified atom stereocenters. The summed E-state index contributed by atoms with van der Waals surface area (Å²) in [5.41, 5.74) is 3.24. The molecule has 1 aliphatic heterocycles. The lowest BCUT2D eigenvalue weighted by Gasteiger charge is -2.35. The summed E-state index contributed by atoms with van der Waals surface area (Å²) in [6.45, 7) is 11.5. The van der Waals surface area contributed by atoms with E-state index < -0.39 is 0 Å². The average molecular weight is 330 g/mol. The van der Waals surface area contributed by atoms with E-state index in [-0.39, 0.29) is 5.91 Å². The average Bonchev–Trinajstić information content (AvgIpc) is 2.54. The molecule has 1 aliphatic rings. The van der Waals surface area contributed by atoms with Gasteiger partial charge in [-0.2, -0.15) is 0 Å². The van der Waals surface area contributed by atoms with Gasteiger partial charge in [-0.05, 0) is 38.8 Å². The minimum Gasteiger partial charge on any atom is -0.373 e. The molecule has 1 amide bonds. The van der Waals surface area contributed by atoms with E-state index >= 15 is 0 Å². The second-order valence-electron chi connectivity index (χ2n) is 6.90. The quantitative estimate of drug-likeness (QED) is 0.777. The van der Waals surface area contributed by atoms with E-state index in [9.17, 15) is 4.79 Å². The van der Waals surface area contributed by atoms with Crippen LogP contribution in [0, 0.1) is 0 Å². The predicted octanol–water partition coefficient (Wildman–Crippen LogP) is 3.22. The number of ether oxygens (including phenoxy) is 1. The van der Waals surface area contributed by atoms with Crippen LogP contribution in [0.4, 0.5) is 0 Å². The van der Waals surface area contributed by atoms with Crippen molar-refractivity contribution in [1.29, 1.82) is 0 Å². The summed E-state index contributed by atoms with van der Waals surface area (Å²) >= 11 is 0. The lowest BCUT2D eigenvalue weighted by atomic mass is 10.1. The Morgan fingerprint density at radius 2 is 1.75 bits per heavy atom. The minimum absolute atomic E-state index is 0.0814. The summed E-state index contributed by atoms with van der Waals surface area (Å²) < 4.78 is 5.78. The Balaban J connectivity index is 1.92. The number of hydrogen-bond acceptors (Lipinski definition) is 3.